The summed E-state index contributed by atoms with van der Waals surface area (Å²) in [6, 6.07) is 9.00. The molecular formula is C26H27N7O4S. The zero-order chi connectivity index (χ0) is 26.0. The highest BCUT2D eigenvalue weighted by Crippen LogP contribution is 2.45. The molecule has 3 saturated heterocycles. The molecule has 2 amide bonds. The van der Waals surface area contributed by atoms with Crippen LogP contribution in [-0.2, 0) is 4.74 Å². The van der Waals surface area contributed by atoms with Crippen molar-refractivity contribution >= 4 is 34.6 Å². The summed E-state index contributed by atoms with van der Waals surface area (Å²) in [5, 5.41) is 15.6. The molecule has 4 aliphatic rings. The van der Waals surface area contributed by atoms with E-state index in [1.54, 1.807) is 17.1 Å². The van der Waals surface area contributed by atoms with Crippen LogP contribution in [0.25, 0.3) is 21.8 Å². The second kappa shape index (κ2) is 8.82. The quantitative estimate of drug-likeness (QED) is 0.286. The third-order valence-electron chi connectivity index (χ3n) is 8.05. The number of ketones is 2. The van der Waals surface area contributed by atoms with Gasteiger partial charge in [-0.25, -0.2) is 9.80 Å². The van der Waals surface area contributed by atoms with Crippen molar-refractivity contribution in [1.82, 2.24) is 30.8 Å². The number of rotatable bonds is 5. The Hall–Kier alpha value is -3.42. The van der Waals surface area contributed by atoms with Crippen LogP contribution in [0.2, 0.25) is 0 Å². The molecule has 0 spiro atoms. The van der Waals surface area contributed by atoms with Crippen molar-refractivity contribution in [2.75, 3.05) is 51.8 Å². The number of nitrogens with one attached hydrogen (secondary N) is 4. The number of hydrogen-bond donors (Lipinski definition) is 4. The predicted octanol–water partition coefficient (Wildman–Crippen LogP) is 1.95. The van der Waals surface area contributed by atoms with Crippen LogP contribution in [0, 0.1) is 0 Å². The Kier molecular flexibility index (Phi) is 5.49. The molecule has 0 unspecified atom stereocenters. The number of aromatic amines is 1. The van der Waals surface area contributed by atoms with Crippen LogP contribution >= 0.6 is 11.3 Å². The number of anilines is 1. The van der Waals surface area contributed by atoms with Crippen molar-refractivity contribution in [3.05, 3.63) is 46.3 Å². The summed E-state index contributed by atoms with van der Waals surface area (Å²) < 4.78 is 5.32. The molecule has 2 aromatic heterocycles. The fourth-order valence-electron chi connectivity index (χ4n) is 6.09. The van der Waals surface area contributed by atoms with Crippen LogP contribution < -0.4 is 16.1 Å². The normalized spacial score (nSPS) is 24.4. The van der Waals surface area contributed by atoms with Gasteiger partial charge < -0.3 is 15.4 Å². The Morgan fingerprint density at radius 1 is 1.18 bits per heavy atom. The first-order valence-electron chi connectivity index (χ1n) is 12.7. The van der Waals surface area contributed by atoms with Gasteiger partial charge in [0.25, 0.3) is 0 Å². The highest BCUT2D eigenvalue weighted by Gasteiger charge is 2.54. The number of urea groups is 1. The van der Waals surface area contributed by atoms with E-state index >= 15 is 0 Å². The van der Waals surface area contributed by atoms with E-state index in [0.717, 1.165) is 17.8 Å². The Balaban J connectivity index is 1.15. The third kappa shape index (κ3) is 3.56. The average Bonchev–Trinajstić information content (AvgIpc) is 3.73. The van der Waals surface area contributed by atoms with Gasteiger partial charge in [-0.2, -0.15) is 5.10 Å². The molecule has 196 valence electrons. The van der Waals surface area contributed by atoms with Gasteiger partial charge in [0.15, 0.2) is 11.6 Å². The van der Waals surface area contributed by atoms with Crippen molar-refractivity contribution in [1.29, 1.82) is 0 Å². The van der Waals surface area contributed by atoms with Gasteiger partial charge in [-0.1, -0.05) is 12.1 Å². The molecule has 5 heterocycles. The monoisotopic (exact) mass is 533 g/mol. The summed E-state index contributed by atoms with van der Waals surface area (Å²) in [4.78, 5) is 43.5. The van der Waals surface area contributed by atoms with Crippen molar-refractivity contribution in [2.24, 2.45) is 0 Å². The lowest BCUT2D eigenvalue weighted by molar-refractivity contribution is 0.0207. The van der Waals surface area contributed by atoms with Crippen molar-refractivity contribution in [2.45, 2.75) is 18.0 Å². The number of fused-ring (bicyclic) bond motifs is 5. The zero-order valence-corrected chi connectivity index (χ0v) is 21.6. The summed E-state index contributed by atoms with van der Waals surface area (Å²) in [6.45, 7) is 3.81. The summed E-state index contributed by atoms with van der Waals surface area (Å²) in [5.74, 6) is -0.0912. The Bertz CT molecular complexity index is 1480. The van der Waals surface area contributed by atoms with Crippen LogP contribution in [0.3, 0.4) is 0 Å². The van der Waals surface area contributed by atoms with E-state index in [9.17, 15) is 14.4 Å². The van der Waals surface area contributed by atoms with Crippen molar-refractivity contribution < 1.29 is 19.1 Å². The highest BCUT2D eigenvalue weighted by atomic mass is 32.1. The summed E-state index contributed by atoms with van der Waals surface area (Å²) >= 11 is 1.38. The molecule has 12 heteroatoms. The van der Waals surface area contributed by atoms with Gasteiger partial charge in [0.2, 0.25) is 0 Å². The highest BCUT2D eigenvalue weighted by molar-refractivity contribution is 7.17. The smallest absolute Gasteiger partial charge is 0.333 e. The maximum Gasteiger partial charge on any atom is 0.333 e. The number of H-pyrrole nitrogens is 1. The van der Waals surface area contributed by atoms with E-state index in [1.165, 1.54) is 11.3 Å². The van der Waals surface area contributed by atoms with Crippen LogP contribution in [0.5, 0.6) is 0 Å². The largest absolute Gasteiger partial charge is 0.379 e. The summed E-state index contributed by atoms with van der Waals surface area (Å²) in [6.07, 6.45) is 0.817. The summed E-state index contributed by atoms with van der Waals surface area (Å²) in [7, 11) is 2.01. The topological polar surface area (TPSA) is 132 Å². The molecule has 4 N–H and O–H groups in total. The fraction of sp³-hybridized carbons (Fsp3) is 0.385. The first-order valence-corrected chi connectivity index (χ1v) is 13.5. The second-order valence-corrected chi connectivity index (χ2v) is 11.3. The van der Waals surface area contributed by atoms with E-state index in [2.05, 4.69) is 31.2 Å². The molecule has 0 radical (unpaired) electrons. The number of carbonyl (C=O) groups is 3. The average molecular weight is 534 g/mol. The number of ether oxygens (including phenoxy) is 1. The minimum Gasteiger partial charge on any atom is -0.379 e. The zero-order valence-electron chi connectivity index (χ0n) is 20.8. The molecule has 1 aliphatic carbocycles. The number of Topliss-reactive ketones (excluding diaryl/α,β-unsaturated/α-hetero) is 1. The first kappa shape index (κ1) is 23.7. The van der Waals surface area contributed by atoms with Crippen molar-refractivity contribution in [3.8, 4) is 21.8 Å². The van der Waals surface area contributed by atoms with Crippen molar-refractivity contribution in [3.63, 3.8) is 0 Å². The standard InChI is InChI=1S/C26H27N7O4S/c1-32-12-14-11-26(32,13-27-14)24(35)18-6-5-17(38-18)22-20-21(29-30-22)15-3-2-4-16(19(15)23(20)34)28-25(36)31-33-7-9-37-10-8-33/h2-6,14,27H,7-13H2,1H3,(H,29,30)(H2,28,31,36)/t14-,26-/m0/s1. The van der Waals surface area contributed by atoms with Crippen LogP contribution in [-0.4, -0.2) is 95.7 Å². The molecule has 2 atom stereocenters. The van der Waals surface area contributed by atoms with E-state index in [1.807, 2.05) is 25.2 Å². The molecule has 2 bridgehead atoms. The molecule has 3 aliphatic heterocycles. The molecule has 7 rings (SSSR count). The van der Waals surface area contributed by atoms with Gasteiger partial charge in [-0.05, 0) is 31.7 Å². The number of piperazine rings is 1. The van der Waals surface area contributed by atoms with Gasteiger partial charge >= 0.3 is 6.03 Å². The van der Waals surface area contributed by atoms with Gasteiger partial charge in [-0.15, -0.1) is 11.3 Å². The lowest BCUT2D eigenvalue weighted by Gasteiger charge is -2.34. The van der Waals surface area contributed by atoms with E-state index in [4.69, 9.17) is 4.74 Å². The second-order valence-electron chi connectivity index (χ2n) is 10.2. The SMILES string of the molecule is CN1C[C@@H]2C[C@@]1(C(=O)c1ccc(-c3[nH]nc4c3C(=O)c3c(NC(=O)NN5CCOCC5)cccc3-4)s1)CN2. The molecule has 11 nitrogen and oxygen atoms in total. The fourth-order valence-corrected chi connectivity index (χ4v) is 7.13. The van der Waals surface area contributed by atoms with Crippen LogP contribution in [0.4, 0.5) is 10.5 Å². The number of hydrazine groups is 1. The number of carbonyl (C=O) groups excluding carboxylic acids is 3. The lowest BCUT2D eigenvalue weighted by atomic mass is 9.92. The molecule has 3 fully saturated rings. The minimum atomic E-state index is -0.503. The molecular weight excluding hydrogens is 506 g/mol. The number of thiophene rings is 1. The van der Waals surface area contributed by atoms with Gasteiger partial charge in [0.05, 0.1) is 51.0 Å². The van der Waals surface area contributed by atoms with Crippen LogP contribution in [0.15, 0.2) is 30.3 Å². The molecule has 3 aromatic rings. The predicted molar refractivity (Wildman–Crippen MR) is 141 cm³/mol. The Morgan fingerprint density at radius 2 is 2.03 bits per heavy atom. The van der Waals surface area contributed by atoms with E-state index in [-0.39, 0.29) is 11.6 Å². The number of likely N-dealkylation sites (N-methyl/N-ethyl adjacent to an activating group) is 1. The van der Waals surface area contributed by atoms with Gasteiger partial charge in [0.1, 0.15) is 5.69 Å². The number of hydrogen-bond acceptors (Lipinski definition) is 9. The number of likely N-dealkylation sites (tertiary alicyclic amines) is 1. The Morgan fingerprint density at radius 3 is 2.79 bits per heavy atom. The summed E-state index contributed by atoms with van der Waals surface area (Å²) in [5.41, 5.74) is 5.42. The number of morpholine rings is 1. The molecule has 0 saturated carbocycles. The van der Waals surface area contributed by atoms with Gasteiger partial charge in [0, 0.05) is 37.8 Å². The maximum atomic E-state index is 13.7. The first-order chi connectivity index (χ1) is 18.4. The lowest BCUT2D eigenvalue weighted by Crippen LogP contribution is -2.55. The van der Waals surface area contributed by atoms with E-state index < -0.39 is 11.6 Å². The van der Waals surface area contributed by atoms with Gasteiger partial charge in [-0.3, -0.25) is 25.0 Å². The minimum absolute atomic E-state index is 0.118. The number of nitrogens with zero attached hydrogens (tertiary/aromatic N) is 3. The Labute approximate surface area is 222 Å². The molecule has 38 heavy (non-hydrogen) atoms. The molecule has 1 aromatic carbocycles. The number of benzene rings is 1. The number of aromatic nitrogens is 2. The maximum absolute atomic E-state index is 13.7. The van der Waals surface area contributed by atoms with E-state index in [0.29, 0.717) is 77.5 Å². The third-order valence-corrected chi connectivity index (χ3v) is 9.15. The number of amides is 2. The van der Waals surface area contributed by atoms with Crippen LogP contribution in [0.1, 0.15) is 32.0 Å².